The van der Waals surface area contributed by atoms with Crippen LogP contribution in [0, 0.1) is 12.8 Å². The first-order valence-corrected chi connectivity index (χ1v) is 8.34. The molecule has 24 heavy (non-hydrogen) atoms. The summed E-state index contributed by atoms with van der Waals surface area (Å²) in [6, 6.07) is 0. The summed E-state index contributed by atoms with van der Waals surface area (Å²) >= 11 is 0. The van der Waals surface area contributed by atoms with Gasteiger partial charge < -0.3 is 15.5 Å². The number of carbonyl (C=O) groups is 2. The highest BCUT2D eigenvalue weighted by Crippen LogP contribution is 2.23. The van der Waals surface area contributed by atoms with Gasteiger partial charge in [-0.3, -0.25) is 14.3 Å². The van der Waals surface area contributed by atoms with E-state index >= 15 is 0 Å². The summed E-state index contributed by atoms with van der Waals surface area (Å²) in [4.78, 5) is 30.9. The van der Waals surface area contributed by atoms with Crippen molar-refractivity contribution >= 4 is 17.5 Å². The number of aromatic nitrogens is 2. The molecule has 2 amide bonds. The summed E-state index contributed by atoms with van der Waals surface area (Å²) in [6.07, 6.45) is 2.86. The number of nitrogens with two attached hydrogens (primary N) is 1. The number of rotatable bonds is 4. The lowest BCUT2D eigenvalue weighted by molar-refractivity contribution is -0.144. The third-order valence-electron chi connectivity index (χ3n) is 4.87. The molecule has 1 aromatic heterocycles. The molecule has 1 aromatic rings. The summed E-state index contributed by atoms with van der Waals surface area (Å²) in [5.41, 5.74) is 8.04. The van der Waals surface area contributed by atoms with Crippen molar-refractivity contribution in [2.75, 3.05) is 13.1 Å². The Morgan fingerprint density at radius 1 is 1.38 bits per heavy atom. The maximum absolute atomic E-state index is 12.6. The van der Waals surface area contributed by atoms with E-state index in [9.17, 15) is 9.59 Å². The van der Waals surface area contributed by atoms with Crippen molar-refractivity contribution in [3.05, 3.63) is 17.5 Å². The Balaban J connectivity index is 1.59. The van der Waals surface area contributed by atoms with Crippen molar-refractivity contribution in [2.45, 2.75) is 45.8 Å². The van der Waals surface area contributed by atoms with Crippen LogP contribution in [0.15, 0.2) is 11.4 Å². The first-order chi connectivity index (χ1) is 11.5. The van der Waals surface area contributed by atoms with Crippen LogP contribution >= 0.6 is 0 Å². The van der Waals surface area contributed by atoms with Gasteiger partial charge in [-0.2, -0.15) is 5.10 Å². The van der Waals surface area contributed by atoms with Crippen LogP contribution in [0.25, 0.3) is 0 Å². The number of aryl methyl sites for hydroxylation is 1. The quantitative estimate of drug-likeness (QED) is 0.863. The predicted octanol–water partition coefficient (Wildman–Crippen LogP) is 0.428. The van der Waals surface area contributed by atoms with Crippen LogP contribution in [0.4, 0.5) is 0 Å². The van der Waals surface area contributed by atoms with Crippen LogP contribution in [0.1, 0.15) is 37.4 Å². The Morgan fingerprint density at radius 2 is 2.08 bits per heavy atom. The number of carbonyl (C=O) groups excluding carboxylic acids is 2. The highest BCUT2D eigenvalue weighted by Gasteiger charge is 2.35. The second-order valence-electron chi connectivity index (χ2n) is 6.30. The van der Waals surface area contributed by atoms with Gasteiger partial charge in [0.05, 0.1) is 11.9 Å². The highest BCUT2D eigenvalue weighted by atomic mass is 16.6. The zero-order valence-electron chi connectivity index (χ0n) is 14.1. The fraction of sp³-hybridized carbons (Fsp3) is 0.625. The van der Waals surface area contributed by atoms with Crippen LogP contribution in [0.3, 0.4) is 0 Å². The molecule has 0 spiro atoms. The summed E-state index contributed by atoms with van der Waals surface area (Å²) in [6.45, 7) is 5.87. The van der Waals surface area contributed by atoms with Gasteiger partial charge in [-0.25, -0.2) is 0 Å². The Kier molecular flexibility index (Phi) is 4.55. The van der Waals surface area contributed by atoms with E-state index in [-0.39, 0.29) is 17.7 Å². The van der Waals surface area contributed by atoms with E-state index in [0.717, 1.165) is 23.5 Å². The van der Waals surface area contributed by atoms with Crippen molar-refractivity contribution < 1.29 is 14.4 Å². The minimum absolute atomic E-state index is 0.0720. The zero-order chi connectivity index (χ0) is 17.3. The Labute approximate surface area is 140 Å². The molecule has 3 rings (SSSR count). The van der Waals surface area contributed by atoms with E-state index in [0.29, 0.717) is 32.4 Å². The van der Waals surface area contributed by atoms with Crippen molar-refractivity contribution in [3.8, 4) is 0 Å². The number of piperidine rings is 1. The molecule has 8 heteroatoms. The molecule has 2 aliphatic heterocycles. The summed E-state index contributed by atoms with van der Waals surface area (Å²) < 4.78 is 1.89. The van der Waals surface area contributed by atoms with Crippen LogP contribution < -0.4 is 5.73 Å². The minimum Gasteiger partial charge on any atom is -0.382 e. The SMILES string of the molecule is CCn1ncc(C2=NO[C@H](C(=O)N3CCC(C(N)=O)CC3)C2)c1C. The molecule has 2 aliphatic rings. The van der Waals surface area contributed by atoms with E-state index in [2.05, 4.69) is 10.3 Å². The van der Waals surface area contributed by atoms with Crippen molar-refractivity contribution in [1.82, 2.24) is 14.7 Å². The van der Waals surface area contributed by atoms with Gasteiger partial charge in [-0.15, -0.1) is 0 Å². The summed E-state index contributed by atoms with van der Waals surface area (Å²) in [5.74, 6) is -0.488. The second-order valence-corrected chi connectivity index (χ2v) is 6.30. The molecular formula is C16H23N5O3. The molecular weight excluding hydrogens is 310 g/mol. The molecule has 8 nitrogen and oxygen atoms in total. The number of hydrogen-bond donors (Lipinski definition) is 1. The number of hydrogen-bond acceptors (Lipinski definition) is 5. The van der Waals surface area contributed by atoms with E-state index in [4.69, 9.17) is 10.6 Å². The number of likely N-dealkylation sites (tertiary alicyclic amines) is 1. The Hall–Kier alpha value is -2.38. The van der Waals surface area contributed by atoms with Crippen molar-refractivity contribution in [1.29, 1.82) is 0 Å². The van der Waals surface area contributed by atoms with Gasteiger partial charge in [0.1, 0.15) is 0 Å². The first kappa shape index (κ1) is 16.5. The fourth-order valence-electron chi connectivity index (χ4n) is 3.31. The molecule has 2 N–H and O–H groups in total. The molecule has 130 valence electrons. The maximum atomic E-state index is 12.6. The molecule has 0 radical (unpaired) electrons. The van der Waals surface area contributed by atoms with Gasteiger partial charge in [0, 0.05) is 43.2 Å². The van der Waals surface area contributed by atoms with Gasteiger partial charge in [-0.05, 0) is 26.7 Å². The van der Waals surface area contributed by atoms with E-state index in [1.807, 2.05) is 18.5 Å². The Morgan fingerprint density at radius 3 is 2.67 bits per heavy atom. The predicted molar refractivity (Wildman–Crippen MR) is 87.2 cm³/mol. The monoisotopic (exact) mass is 333 g/mol. The maximum Gasteiger partial charge on any atom is 0.266 e. The number of nitrogens with zero attached hydrogens (tertiary/aromatic N) is 4. The molecule has 1 atom stereocenters. The lowest BCUT2D eigenvalue weighted by atomic mass is 9.95. The average Bonchev–Trinajstić information content (AvgIpc) is 3.20. The van der Waals surface area contributed by atoms with Crippen LogP contribution in [-0.4, -0.2) is 51.4 Å². The van der Waals surface area contributed by atoms with E-state index in [1.54, 1.807) is 11.1 Å². The molecule has 1 saturated heterocycles. The Bertz CT molecular complexity index is 673. The summed E-state index contributed by atoms with van der Waals surface area (Å²) in [5, 5.41) is 8.40. The minimum atomic E-state index is -0.588. The smallest absolute Gasteiger partial charge is 0.266 e. The topological polar surface area (TPSA) is 103 Å². The molecule has 0 unspecified atom stereocenters. The molecule has 0 bridgehead atoms. The third kappa shape index (κ3) is 3.00. The zero-order valence-corrected chi connectivity index (χ0v) is 14.1. The largest absolute Gasteiger partial charge is 0.382 e. The second kappa shape index (κ2) is 6.62. The van der Waals surface area contributed by atoms with Gasteiger partial charge in [0.2, 0.25) is 12.0 Å². The fourth-order valence-corrected chi connectivity index (χ4v) is 3.31. The molecule has 0 aromatic carbocycles. The molecule has 1 fully saturated rings. The van der Waals surface area contributed by atoms with Gasteiger partial charge in [0.25, 0.3) is 5.91 Å². The lowest BCUT2D eigenvalue weighted by Gasteiger charge is -2.31. The normalized spacial score (nSPS) is 21.5. The summed E-state index contributed by atoms with van der Waals surface area (Å²) in [7, 11) is 0. The third-order valence-corrected chi connectivity index (χ3v) is 4.87. The molecule has 0 saturated carbocycles. The van der Waals surface area contributed by atoms with Crippen LogP contribution in [-0.2, 0) is 21.0 Å². The van der Waals surface area contributed by atoms with Crippen molar-refractivity contribution in [3.63, 3.8) is 0 Å². The standard InChI is InChI=1S/C16H23N5O3/c1-3-21-10(2)12(9-18-21)13-8-14(24-19-13)16(23)20-6-4-11(5-7-20)15(17)22/h9,11,14H,3-8H2,1-2H3,(H2,17,22)/t14-/m0/s1. The van der Waals surface area contributed by atoms with Gasteiger partial charge in [0.15, 0.2) is 0 Å². The van der Waals surface area contributed by atoms with Gasteiger partial charge in [-0.1, -0.05) is 5.16 Å². The van der Waals surface area contributed by atoms with Crippen LogP contribution in [0.2, 0.25) is 0 Å². The highest BCUT2D eigenvalue weighted by molar-refractivity contribution is 6.04. The number of oxime groups is 1. The van der Waals surface area contributed by atoms with Crippen LogP contribution in [0.5, 0.6) is 0 Å². The van der Waals surface area contributed by atoms with Gasteiger partial charge >= 0.3 is 0 Å². The van der Waals surface area contributed by atoms with Crippen molar-refractivity contribution in [2.24, 2.45) is 16.8 Å². The first-order valence-electron chi connectivity index (χ1n) is 8.34. The lowest BCUT2D eigenvalue weighted by Crippen LogP contribution is -2.45. The van der Waals surface area contributed by atoms with E-state index in [1.165, 1.54) is 0 Å². The molecule has 3 heterocycles. The average molecular weight is 333 g/mol. The van der Waals surface area contributed by atoms with E-state index < -0.39 is 6.10 Å². The number of amides is 2. The number of primary amides is 1. The molecule has 0 aliphatic carbocycles.